The van der Waals surface area contributed by atoms with E-state index in [0.29, 0.717) is 13.0 Å². The fourth-order valence-electron chi connectivity index (χ4n) is 3.16. The van der Waals surface area contributed by atoms with Gasteiger partial charge in [-0.05, 0) is 54.8 Å². The number of halogens is 2. The van der Waals surface area contributed by atoms with Crippen LogP contribution in [-0.4, -0.2) is 19.3 Å². The summed E-state index contributed by atoms with van der Waals surface area (Å²) in [6.07, 6.45) is 3.45. The van der Waals surface area contributed by atoms with Crippen LogP contribution in [0.3, 0.4) is 0 Å². The summed E-state index contributed by atoms with van der Waals surface area (Å²) in [4.78, 5) is 0.272. The molecule has 0 bridgehead atoms. The SMILES string of the molecule is O=S(=O)(c1ccc(Br)cc1)N1CCCCC[C@H]1c1cccc(F)c1. The van der Waals surface area contributed by atoms with E-state index in [1.807, 2.05) is 6.07 Å². The Morgan fingerprint density at radius 2 is 1.79 bits per heavy atom. The molecular formula is C18H19BrFNO2S. The van der Waals surface area contributed by atoms with Crippen molar-refractivity contribution in [2.24, 2.45) is 0 Å². The molecule has 1 fully saturated rings. The summed E-state index contributed by atoms with van der Waals surface area (Å²) in [6.45, 7) is 0.458. The lowest BCUT2D eigenvalue weighted by atomic mass is 10.0. The van der Waals surface area contributed by atoms with Gasteiger partial charge >= 0.3 is 0 Å². The summed E-state index contributed by atoms with van der Waals surface area (Å²) < 4.78 is 42.3. The molecule has 1 heterocycles. The third kappa shape index (κ3) is 3.71. The maximum Gasteiger partial charge on any atom is 0.243 e. The second-order valence-corrected chi connectivity index (χ2v) is 8.80. The van der Waals surface area contributed by atoms with Crippen LogP contribution in [0.25, 0.3) is 0 Å². The average molecular weight is 412 g/mol. The molecule has 6 heteroatoms. The van der Waals surface area contributed by atoms with Gasteiger partial charge in [0, 0.05) is 11.0 Å². The molecule has 0 amide bonds. The molecule has 0 radical (unpaired) electrons. The van der Waals surface area contributed by atoms with Crippen molar-refractivity contribution in [3.63, 3.8) is 0 Å². The molecule has 1 saturated heterocycles. The number of hydrogen-bond donors (Lipinski definition) is 0. The predicted molar refractivity (Wildman–Crippen MR) is 95.6 cm³/mol. The lowest BCUT2D eigenvalue weighted by Crippen LogP contribution is -2.34. The third-order valence-corrected chi connectivity index (χ3v) is 6.81. The van der Waals surface area contributed by atoms with Gasteiger partial charge in [-0.2, -0.15) is 4.31 Å². The molecule has 0 unspecified atom stereocenters. The Bertz CT molecular complexity index is 808. The highest BCUT2D eigenvalue weighted by Crippen LogP contribution is 2.35. The van der Waals surface area contributed by atoms with Crippen LogP contribution >= 0.6 is 15.9 Å². The van der Waals surface area contributed by atoms with Crippen molar-refractivity contribution in [2.75, 3.05) is 6.54 Å². The van der Waals surface area contributed by atoms with Crippen LogP contribution in [-0.2, 0) is 10.0 Å². The van der Waals surface area contributed by atoms with Gasteiger partial charge in [0.15, 0.2) is 0 Å². The van der Waals surface area contributed by atoms with Gasteiger partial charge in [-0.1, -0.05) is 40.9 Å². The molecule has 0 saturated carbocycles. The fraction of sp³-hybridized carbons (Fsp3) is 0.333. The summed E-state index contributed by atoms with van der Waals surface area (Å²) >= 11 is 3.33. The van der Waals surface area contributed by atoms with E-state index in [1.165, 1.54) is 16.4 Å². The van der Waals surface area contributed by atoms with Gasteiger partial charge in [0.05, 0.1) is 10.9 Å². The van der Waals surface area contributed by atoms with Gasteiger partial charge in [-0.25, -0.2) is 12.8 Å². The Labute approximate surface area is 150 Å². The van der Waals surface area contributed by atoms with Crippen LogP contribution in [0, 0.1) is 5.82 Å². The molecule has 1 atom stereocenters. The normalized spacial score (nSPS) is 19.8. The van der Waals surface area contributed by atoms with Crippen molar-refractivity contribution in [1.29, 1.82) is 0 Å². The zero-order valence-corrected chi connectivity index (χ0v) is 15.6. The van der Waals surface area contributed by atoms with E-state index in [1.54, 1.807) is 30.3 Å². The van der Waals surface area contributed by atoms with Crippen LogP contribution in [0.5, 0.6) is 0 Å². The average Bonchev–Trinajstić information content (AvgIpc) is 2.81. The Balaban J connectivity index is 2.02. The standard InChI is InChI=1S/C18H19BrFNO2S/c19-15-8-10-17(11-9-15)24(22,23)21-12-3-1-2-7-18(21)14-5-4-6-16(20)13-14/h4-6,8-11,13,18H,1-3,7,12H2/t18-/m0/s1. The summed E-state index contributed by atoms with van der Waals surface area (Å²) in [5, 5.41) is 0. The molecule has 0 spiro atoms. The molecule has 0 N–H and O–H groups in total. The first kappa shape index (κ1) is 17.6. The first-order valence-electron chi connectivity index (χ1n) is 8.01. The summed E-state index contributed by atoms with van der Waals surface area (Å²) in [7, 11) is -3.62. The number of sulfonamides is 1. The van der Waals surface area contributed by atoms with E-state index >= 15 is 0 Å². The molecule has 1 aliphatic rings. The minimum Gasteiger partial charge on any atom is -0.207 e. The monoisotopic (exact) mass is 411 g/mol. The molecule has 3 nitrogen and oxygen atoms in total. The molecule has 0 aromatic heterocycles. The van der Waals surface area contributed by atoms with Crippen molar-refractivity contribution in [3.8, 4) is 0 Å². The zero-order valence-electron chi connectivity index (χ0n) is 13.2. The van der Waals surface area contributed by atoms with Crippen LogP contribution < -0.4 is 0 Å². The molecule has 3 rings (SSSR count). The maximum absolute atomic E-state index is 13.6. The highest BCUT2D eigenvalue weighted by molar-refractivity contribution is 9.10. The van der Waals surface area contributed by atoms with Crippen molar-refractivity contribution in [1.82, 2.24) is 4.31 Å². The minimum atomic E-state index is -3.62. The number of rotatable bonds is 3. The van der Waals surface area contributed by atoms with Crippen molar-refractivity contribution >= 4 is 26.0 Å². The smallest absolute Gasteiger partial charge is 0.207 e. The topological polar surface area (TPSA) is 37.4 Å². The second kappa shape index (κ2) is 7.33. The van der Waals surface area contributed by atoms with E-state index in [9.17, 15) is 12.8 Å². The Morgan fingerprint density at radius 1 is 1.04 bits per heavy atom. The van der Waals surface area contributed by atoms with Crippen LogP contribution in [0.4, 0.5) is 4.39 Å². The van der Waals surface area contributed by atoms with E-state index < -0.39 is 10.0 Å². The van der Waals surface area contributed by atoms with Gasteiger partial charge in [-0.3, -0.25) is 0 Å². The van der Waals surface area contributed by atoms with Crippen LogP contribution in [0.1, 0.15) is 37.3 Å². The zero-order chi connectivity index (χ0) is 17.2. The lowest BCUT2D eigenvalue weighted by Gasteiger charge is -2.29. The van der Waals surface area contributed by atoms with Crippen molar-refractivity contribution in [2.45, 2.75) is 36.6 Å². The third-order valence-electron chi connectivity index (χ3n) is 4.36. The quantitative estimate of drug-likeness (QED) is 0.720. The first-order valence-corrected chi connectivity index (χ1v) is 10.2. The maximum atomic E-state index is 13.6. The largest absolute Gasteiger partial charge is 0.243 e. The molecule has 128 valence electrons. The highest BCUT2D eigenvalue weighted by atomic mass is 79.9. The number of nitrogens with zero attached hydrogens (tertiary/aromatic N) is 1. The van der Waals surface area contributed by atoms with Crippen LogP contribution in [0.2, 0.25) is 0 Å². The molecule has 2 aromatic carbocycles. The summed E-state index contributed by atoms with van der Waals surface area (Å²) in [6, 6.07) is 12.6. The summed E-state index contributed by atoms with van der Waals surface area (Å²) in [5.74, 6) is -0.335. The van der Waals surface area contributed by atoms with E-state index in [0.717, 1.165) is 29.3 Å². The fourth-order valence-corrected chi connectivity index (χ4v) is 5.11. The van der Waals surface area contributed by atoms with Crippen LogP contribution in [0.15, 0.2) is 57.9 Å². The van der Waals surface area contributed by atoms with E-state index in [2.05, 4.69) is 15.9 Å². The summed E-state index contributed by atoms with van der Waals surface area (Å²) in [5.41, 5.74) is 0.720. The molecule has 1 aliphatic heterocycles. The first-order chi connectivity index (χ1) is 11.5. The van der Waals surface area contributed by atoms with Crippen molar-refractivity contribution < 1.29 is 12.8 Å². The lowest BCUT2D eigenvalue weighted by molar-refractivity contribution is 0.328. The Morgan fingerprint density at radius 3 is 2.50 bits per heavy atom. The van der Waals surface area contributed by atoms with Gasteiger partial charge < -0.3 is 0 Å². The van der Waals surface area contributed by atoms with Gasteiger partial charge in [-0.15, -0.1) is 0 Å². The highest BCUT2D eigenvalue weighted by Gasteiger charge is 2.33. The minimum absolute atomic E-state index is 0.272. The second-order valence-electron chi connectivity index (χ2n) is 5.99. The van der Waals surface area contributed by atoms with Gasteiger partial charge in [0.2, 0.25) is 10.0 Å². The molecular weight excluding hydrogens is 393 g/mol. The number of benzene rings is 2. The predicted octanol–water partition coefficient (Wildman–Crippen LogP) is 4.89. The number of hydrogen-bond acceptors (Lipinski definition) is 2. The Hall–Kier alpha value is -1.24. The van der Waals surface area contributed by atoms with Crippen molar-refractivity contribution in [3.05, 3.63) is 64.4 Å². The molecule has 0 aliphatic carbocycles. The van der Waals surface area contributed by atoms with Gasteiger partial charge in [0.25, 0.3) is 0 Å². The molecule has 2 aromatic rings. The van der Waals surface area contributed by atoms with Gasteiger partial charge in [0.1, 0.15) is 5.82 Å². The molecule has 24 heavy (non-hydrogen) atoms. The van der Waals surface area contributed by atoms with E-state index in [-0.39, 0.29) is 16.8 Å². The van der Waals surface area contributed by atoms with E-state index in [4.69, 9.17) is 0 Å². The Kier molecular flexibility index (Phi) is 5.37.